The summed E-state index contributed by atoms with van der Waals surface area (Å²) in [6.45, 7) is 3.14. The third-order valence-electron chi connectivity index (χ3n) is 7.20. The summed E-state index contributed by atoms with van der Waals surface area (Å²) >= 11 is 0. The van der Waals surface area contributed by atoms with Crippen LogP contribution in [0.5, 0.6) is 5.75 Å². The van der Waals surface area contributed by atoms with E-state index < -0.39 is 0 Å². The summed E-state index contributed by atoms with van der Waals surface area (Å²) in [6, 6.07) is 15.4. The number of anilines is 2. The van der Waals surface area contributed by atoms with Crippen LogP contribution >= 0.6 is 0 Å². The van der Waals surface area contributed by atoms with Gasteiger partial charge in [0.15, 0.2) is 0 Å². The highest BCUT2D eigenvalue weighted by molar-refractivity contribution is 5.90. The van der Waals surface area contributed by atoms with Gasteiger partial charge in [0.25, 0.3) is 0 Å². The van der Waals surface area contributed by atoms with Gasteiger partial charge in [-0.15, -0.1) is 0 Å². The second-order valence-corrected chi connectivity index (χ2v) is 9.82. The number of aromatic amines is 1. The molecule has 0 aliphatic heterocycles. The standard InChI is InChI=1S/C28H36N6O/c1-18-22(24-17-21(35-4)13-14-26(24)30-18)15-16-29-19-9-11-20(12-10-19)31-28-32-25-8-6-5-7-23(25)27(33-28)34(2)3/h5-8,13-14,17,19-20,29-30H,9-12,15-16H2,1-4H3,(H,31,32,33)/t19-,20+. The average molecular weight is 473 g/mol. The molecule has 1 aliphatic rings. The Morgan fingerprint density at radius 2 is 1.77 bits per heavy atom. The monoisotopic (exact) mass is 472 g/mol. The van der Waals surface area contributed by atoms with E-state index in [1.165, 1.54) is 22.2 Å². The summed E-state index contributed by atoms with van der Waals surface area (Å²) in [5.74, 6) is 2.59. The molecule has 35 heavy (non-hydrogen) atoms. The van der Waals surface area contributed by atoms with Crippen molar-refractivity contribution in [2.45, 2.75) is 51.1 Å². The number of fused-ring (bicyclic) bond motifs is 2. The molecule has 0 spiro atoms. The summed E-state index contributed by atoms with van der Waals surface area (Å²) in [5, 5.41) is 9.77. The smallest absolute Gasteiger partial charge is 0.225 e. The van der Waals surface area contributed by atoms with E-state index in [-0.39, 0.29) is 0 Å². The lowest BCUT2D eigenvalue weighted by atomic mass is 9.91. The van der Waals surface area contributed by atoms with E-state index in [0.717, 1.165) is 67.1 Å². The molecule has 2 heterocycles. The summed E-state index contributed by atoms with van der Waals surface area (Å²) < 4.78 is 5.43. The number of benzene rings is 2. The highest BCUT2D eigenvalue weighted by atomic mass is 16.5. The number of ether oxygens (including phenoxy) is 1. The van der Waals surface area contributed by atoms with E-state index in [2.05, 4.69) is 51.7 Å². The highest BCUT2D eigenvalue weighted by Gasteiger charge is 2.22. The Morgan fingerprint density at radius 3 is 2.54 bits per heavy atom. The number of nitrogens with zero attached hydrogens (tertiary/aromatic N) is 3. The fourth-order valence-electron chi connectivity index (χ4n) is 5.30. The lowest BCUT2D eigenvalue weighted by Crippen LogP contribution is -2.38. The Hall–Kier alpha value is -3.32. The highest BCUT2D eigenvalue weighted by Crippen LogP contribution is 2.28. The van der Waals surface area contributed by atoms with Crippen LogP contribution in [0.3, 0.4) is 0 Å². The summed E-state index contributed by atoms with van der Waals surface area (Å²) in [5.41, 5.74) is 4.79. The quantitative estimate of drug-likeness (QED) is 0.333. The van der Waals surface area contributed by atoms with Crippen molar-refractivity contribution >= 4 is 33.6 Å². The van der Waals surface area contributed by atoms with Crippen LogP contribution in [0, 0.1) is 6.92 Å². The zero-order valence-corrected chi connectivity index (χ0v) is 21.2. The van der Waals surface area contributed by atoms with Gasteiger partial charge in [0.05, 0.1) is 12.6 Å². The van der Waals surface area contributed by atoms with Crippen molar-refractivity contribution in [2.75, 3.05) is 38.0 Å². The molecule has 1 fully saturated rings. The maximum absolute atomic E-state index is 5.43. The molecule has 2 aromatic heterocycles. The van der Waals surface area contributed by atoms with E-state index in [1.54, 1.807) is 7.11 Å². The van der Waals surface area contributed by atoms with Crippen molar-refractivity contribution < 1.29 is 4.74 Å². The SMILES string of the molecule is COc1ccc2[nH]c(C)c(CCN[C@H]3CC[C@@H](Nc4nc(N(C)C)c5ccccc5n4)CC3)c2c1. The van der Waals surface area contributed by atoms with Gasteiger partial charge in [-0.3, -0.25) is 0 Å². The van der Waals surface area contributed by atoms with Crippen LogP contribution in [0.15, 0.2) is 42.5 Å². The average Bonchev–Trinajstić information content (AvgIpc) is 3.18. The predicted octanol–water partition coefficient (Wildman–Crippen LogP) is 5.05. The van der Waals surface area contributed by atoms with Crippen molar-refractivity contribution in [1.29, 1.82) is 0 Å². The van der Waals surface area contributed by atoms with Gasteiger partial charge in [-0.2, -0.15) is 4.98 Å². The first-order chi connectivity index (χ1) is 17.0. The van der Waals surface area contributed by atoms with Crippen molar-refractivity contribution in [3.8, 4) is 5.75 Å². The molecule has 5 rings (SSSR count). The van der Waals surface area contributed by atoms with Gasteiger partial charge in [0.1, 0.15) is 11.6 Å². The van der Waals surface area contributed by atoms with Crippen molar-refractivity contribution in [3.63, 3.8) is 0 Å². The topological polar surface area (TPSA) is 78.1 Å². The first-order valence-corrected chi connectivity index (χ1v) is 12.6. The summed E-state index contributed by atoms with van der Waals surface area (Å²) in [6.07, 6.45) is 5.57. The van der Waals surface area contributed by atoms with Crippen molar-refractivity contribution in [1.82, 2.24) is 20.3 Å². The third-order valence-corrected chi connectivity index (χ3v) is 7.20. The fourth-order valence-corrected chi connectivity index (χ4v) is 5.30. The van der Waals surface area contributed by atoms with Crippen molar-refractivity contribution in [3.05, 3.63) is 53.7 Å². The lowest BCUT2D eigenvalue weighted by molar-refractivity contribution is 0.355. The Kier molecular flexibility index (Phi) is 6.77. The zero-order valence-electron chi connectivity index (χ0n) is 21.2. The second kappa shape index (κ2) is 10.1. The van der Waals surface area contributed by atoms with Gasteiger partial charge in [0, 0.05) is 48.2 Å². The zero-order chi connectivity index (χ0) is 24.4. The number of aromatic nitrogens is 3. The molecule has 0 atom stereocenters. The molecular formula is C28H36N6O. The molecule has 3 N–H and O–H groups in total. The van der Waals surface area contributed by atoms with Crippen LogP contribution in [0.1, 0.15) is 36.9 Å². The number of methoxy groups -OCH3 is 1. The van der Waals surface area contributed by atoms with E-state index in [1.807, 2.05) is 32.3 Å². The summed E-state index contributed by atoms with van der Waals surface area (Å²) in [4.78, 5) is 15.2. The molecule has 1 aliphatic carbocycles. The number of aryl methyl sites for hydroxylation is 1. The number of para-hydroxylation sites is 1. The minimum atomic E-state index is 0.410. The maximum Gasteiger partial charge on any atom is 0.225 e. The van der Waals surface area contributed by atoms with Gasteiger partial charge in [-0.1, -0.05) is 12.1 Å². The number of nitrogens with one attached hydrogen (secondary N) is 3. The van der Waals surface area contributed by atoms with Gasteiger partial charge in [-0.25, -0.2) is 4.98 Å². The van der Waals surface area contributed by atoms with E-state index >= 15 is 0 Å². The summed E-state index contributed by atoms with van der Waals surface area (Å²) in [7, 11) is 5.79. The van der Waals surface area contributed by atoms with Crippen molar-refractivity contribution in [2.24, 2.45) is 0 Å². The molecule has 0 unspecified atom stereocenters. The molecule has 4 aromatic rings. The Morgan fingerprint density at radius 1 is 1.00 bits per heavy atom. The Labute approximate surface area is 207 Å². The van der Waals surface area contributed by atoms with Crippen LogP contribution in [0.4, 0.5) is 11.8 Å². The Bertz CT molecular complexity index is 1310. The minimum absolute atomic E-state index is 0.410. The number of hydrogen-bond donors (Lipinski definition) is 3. The van der Waals surface area contributed by atoms with Crippen LogP contribution < -0.4 is 20.3 Å². The lowest BCUT2D eigenvalue weighted by Gasteiger charge is -2.30. The third kappa shape index (κ3) is 5.05. The van der Waals surface area contributed by atoms with Gasteiger partial charge in [0.2, 0.25) is 5.95 Å². The molecule has 0 saturated heterocycles. The first-order valence-electron chi connectivity index (χ1n) is 12.6. The molecule has 2 aromatic carbocycles. The van der Waals surface area contributed by atoms with Crippen LogP contribution in [0.2, 0.25) is 0 Å². The fraction of sp³-hybridized carbons (Fsp3) is 0.429. The number of H-pyrrole nitrogens is 1. The second-order valence-electron chi connectivity index (χ2n) is 9.82. The molecule has 1 saturated carbocycles. The Balaban J connectivity index is 1.15. The van der Waals surface area contributed by atoms with E-state index in [9.17, 15) is 0 Å². The minimum Gasteiger partial charge on any atom is -0.497 e. The molecule has 0 radical (unpaired) electrons. The van der Waals surface area contributed by atoms with Gasteiger partial charge in [-0.05, 0) is 81.5 Å². The van der Waals surface area contributed by atoms with E-state index in [4.69, 9.17) is 14.7 Å². The number of hydrogen-bond acceptors (Lipinski definition) is 6. The van der Waals surface area contributed by atoms with Crippen LogP contribution in [-0.2, 0) is 6.42 Å². The van der Waals surface area contributed by atoms with Crippen LogP contribution in [-0.4, -0.2) is 54.8 Å². The molecule has 7 nitrogen and oxygen atoms in total. The predicted molar refractivity (Wildman–Crippen MR) is 145 cm³/mol. The van der Waals surface area contributed by atoms with Gasteiger partial charge >= 0.3 is 0 Å². The number of rotatable bonds is 8. The molecule has 184 valence electrons. The maximum atomic E-state index is 5.43. The van der Waals surface area contributed by atoms with Gasteiger partial charge < -0.3 is 25.3 Å². The van der Waals surface area contributed by atoms with E-state index in [0.29, 0.717) is 12.1 Å². The normalized spacial score (nSPS) is 18.2. The largest absolute Gasteiger partial charge is 0.497 e. The molecule has 0 bridgehead atoms. The molecule has 7 heteroatoms. The molecule has 0 amide bonds. The van der Waals surface area contributed by atoms with Crippen LogP contribution in [0.25, 0.3) is 21.8 Å². The first kappa shape index (κ1) is 23.4. The molecular weight excluding hydrogens is 436 g/mol.